The predicted molar refractivity (Wildman–Crippen MR) is 104 cm³/mol. The molecule has 152 valence electrons. The molecule has 1 aliphatic rings. The number of benzene rings is 1. The van der Waals surface area contributed by atoms with Gasteiger partial charge in [0.1, 0.15) is 5.54 Å². The van der Waals surface area contributed by atoms with Crippen LogP contribution in [0.5, 0.6) is 0 Å². The summed E-state index contributed by atoms with van der Waals surface area (Å²) in [5, 5.41) is 4.91. The molecular formula is C19H26N4O5. The molecule has 2 rings (SSSR count). The molecule has 0 unspecified atom stereocenters. The number of nitrogens with zero attached hydrogens (tertiary/aromatic N) is 2. The standard InChI is InChI=1S/C19H26N4O5/c1-5-22(11-15(24)21-18(27)28-6-2)12-16(25)23-14-10-8-7-9-13(14)20-17(26)19(23,3)4/h7-10H,5-6,11-12H2,1-4H3,(H,20,26)(H,21,24,27). The molecule has 0 fully saturated rings. The molecule has 0 saturated carbocycles. The van der Waals surface area contributed by atoms with Gasteiger partial charge < -0.3 is 10.1 Å². The molecule has 1 aromatic carbocycles. The Bertz CT molecular complexity index is 777. The zero-order valence-corrected chi connectivity index (χ0v) is 16.6. The Hall–Kier alpha value is -2.94. The number of rotatable bonds is 6. The van der Waals surface area contributed by atoms with Gasteiger partial charge in [-0.2, -0.15) is 0 Å². The third-order valence-corrected chi connectivity index (χ3v) is 4.45. The summed E-state index contributed by atoms with van der Waals surface area (Å²) in [6.07, 6.45) is -0.822. The highest BCUT2D eigenvalue weighted by Crippen LogP contribution is 2.36. The Morgan fingerprint density at radius 3 is 2.50 bits per heavy atom. The van der Waals surface area contributed by atoms with E-state index in [-0.39, 0.29) is 31.5 Å². The number of nitrogens with one attached hydrogen (secondary N) is 2. The molecule has 9 heteroatoms. The van der Waals surface area contributed by atoms with Crippen molar-refractivity contribution < 1.29 is 23.9 Å². The maximum Gasteiger partial charge on any atom is 0.413 e. The molecule has 0 bridgehead atoms. The van der Waals surface area contributed by atoms with Crippen molar-refractivity contribution in [3.63, 3.8) is 0 Å². The first-order valence-corrected chi connectivity index (χ1v) is 9.13. The summed E-state index contributed by atoms with van der Waals surface area (Å²) in [7, 11) is 0. The number of fused-ring (bicyclic) bond motifs is 1. The molecule has 1 aromatic rings. The lowest BCUT2D eigenvalue weighted by Crippen LogP contribution is -2.60. The van der Waals surface area contributed by atoms with Crippen LogP contribution >= 0.6 is 0 Å². The van der Waals surface area contributed by atoms with E-state index in [0.29, 0.717) is 17.9 Å². The van der Waals surface area contributed by atoms with Crippen LogP contribution in [0, 0.1) is 0 Å². The van der Waals surface area contributed by atoms with Crippen LogP contribution in [0.15, 0.2) is 24.3 Å². The summed E-state index contributed by atoms with van der Waals surface area (Å²) in [6, 6.07) is 7.06. The monoisotopic (exact) mass is 390 g/mol. The fourth-order valence-electron chi connectivity index (χ4n) is 2.96. The summed E-state index contributed by atoms with van der Waals surface area (Å²) in [5.74, 6) is -1.18. The molecular weight excluding hydrogens is 364 g/mol. The van der Waals surface area contributed by atoms with Crippen molar-refractivity contribution in [2.75, 3.05) is 36.5 Å². The van der Waals surface area contributed by atoms with Gasteiger partial charge in [0, 0.05) is 0 Å². The van der Waals surface area contributed by atoms with E-state index in [1.807, 2.05) is 0 Å². The van der Waals surface area contributed by atoms with E-state index in [1.165, 1.54) is 4.90 Å². The van der Waals surface area contributed by atoms with Crippen molar-refractivity contribution in [3.8, 4) is 0 Å². The first-order chi connectivity index (χ1) is 13.2. The number of likely N-dealkylation sites (N-methyl/N-ethyl adjacent to an activating group) is 1. The first-order valence-electron chi connectivity index (χ1n) is 9.13. The molecule has 0 saturated heterocycles. The Morgan fingerprint density at radius 2 is 1.86 bits per heavy atom. The maximum absolute atomic E-state index is 13.1. The average molecular weight is 390 g/mol. The lowest BCUT2D eigenvalue weighted by atomic mass is 9.96. The summed E-state index contributed by atoms with van der Waals surface area (Å²) < 4.78 is 4.67. The zero-order valence-electron chi connectivity index (χ0n) is 16.6. The van der Waals surface area contributed by atoms with Gasteiger partial charge in [-0.3, -0.25) is 29.5 Å². The van der Waals surface area contributed by atoms with Gasteiger partial charge in [-0.25, -0.2) is 4.79 Å². The second kappa shape index (κ2) is 8.83. The van der Waals surface area contributed by atoms with Gasteiger partial charge in [-0.15, -0.1) is 0 Å². The summed E-state index contributed by atoms with van der Waals surface area (Å²) in [4.78, 5) is 51.9. The largest absolute Gasteiger partial charge is 0.450 e. The molecule has 0 aliphatic carbocycles. The lowest BCUT2D eigenvalue weighted by Gasteiger charge is -2.42. The van der Waals surface area contributed by atoms with Gasteiger partial charge in [-0.05, 0) is 39.4 Å². The van der Waals surface area contributed by atoms with Crippen molar-refractivity contribution in [2.45, 2.75) is 33.2 Å². The Labute approximate surface area is 164 Å². The molecule has 1 aliphatic heterocycles. The van der Waals surface area contributed by atoms with E-state index < -0.39 is 17.5 Å². The number of imide groups is 1. The highest BCUT2D eigenvalue weighted by atomic mass is 16.5. The molecule has 0 radical (unpaired) electrons. The van der Waals surface area contributed by atoms with Crippen LogP contribution in [0.4, 0.5) is 16.2 Å². The lowest BCUT2D eigenvalue weighted by molar-refractivity contribution is -0.128. The van der Waals surface area contributed by atoms with Crippen molar-refractivity contribution in [1.29, 1.82) is 0 Å². The van der Waals surface area contributed by atoms with E-state index in [1.54, 1.807) is 56.9 Å². The minimum absolute atomic E-state index is 0.0855. The van der Waals surface area contributed by atoms with E-state index in [2.05, 4.69) is 15.4 Å². The van der Waals surface area contributed by atoms with E-state index >= 15 is 0 Å². The first kappa shape index (κ1) is 21.4. The van der Waals surface area contributed by atoms with Crippen molar-refractivity contribution in [3.05, 3.63) is 24.3 Å². The Kier molecular flexibility index (Phi) is 6.74. The molecule has 0 atom stereocenters. The smallest absolute Gasteiger partial charge is 0.413 e. The number of hydrogen-bond acceptors (Lipinski definition) is 6. The van der Waals surface area contributed by atoms with Gasteiger partial charge in [0.05, 0.1) is 31.1 Å². The minimum atomic E-state index is -1.09. The van der Waals surface area contributed by atoms with Crippen LogP contribution in [0.2, 0.25) is 0 Å². The van der Waals surface area contributed by atoms with E-state index in [9.17, 15) is 19.2 Å². The highest BCUT2D eigenvalue weighted by Gasteiger charge is 2.43. The van der Waals surface area contributed by atoms with E-state index in [4.69, 9.17) is 0 Å². The van der Waals surface area contributed by atoms with Crippen LogP contribution in [0.3, 0.4) is 0 Å². The number of para-hydroxylation sites is 2. The number of anilines is 2. The molecule has 0 aromatic heterocycles. The van der Waals surface area contributed by atoms with Gasteiger partial charge in [0.25, 0.3) is 0 Å². The van der Waals surface area contributed by atoms with Crippen molar-refractivity contribution in [2.24, 2.45) is 0 Å². The van der Waals surface area contributed by atoms with Crippen LogP contribution in [0.1, 0.15) is 27.7 Å². The van der Waals surface area contributed by atoms with E-state index in [0.717, 1.165) is 0 Å². The fourth-order valence-corrected chi connectivity index (χ4v) is 2.96. The molecule has 1 heterocycles. The van der Waals surface area contributed by atoms with Crippen LogP contribution in [-0.4, -0.2) is 60.5 Å². The minimum Gasteiger partial charge on any atom is -0.450 e. The molecule has 2 N–H and O–H groups in total. The van der Waals surface area contributed by atoms with Gasteiger partial charge in [0.15, 0.2) is 0 Å². The third-order valence-electron chi connectivity index (χ3n) is 4.45. The molecule has 9 nitrogen and oxygen atoms in total. The molecule has 0 spiro atoms. The fraction of sp³-hybridized carbons (Fsp3) is 0.474. The predicted octanol–water partition coefficient (Wildman–Crippen LogP) is 1.34. The van der Waals surface area contributed by atoms with Crippen molar-refractivity contribution in [1.82, 2.24) is 10.2 Å². The maximum atomic E-state index is 13.1. The summed E-state index contributed by atoms with van der Waals surface area (Å²) >= 11 is 0. The topological polar surface area (TPSA) is 108 Å². The van der Waals surface area contributed by atoms with Crippen LogP contribution in [0.25, 0.3) is 0 Å². The average Bonchev–Trinajstić information content (AvgIpc) is 2.61. The third kappa shape index (κ3) is 4.66. The Morgan fingerprint density at radius 1 is 1.18 bits per heavy atom. The number of carbonyl (C=O) groups is 4. The summed E-state index contributed by atoms with van der Waals surface area (Å²) in [5.41, 5.74) is 0.0744. The number of alkyl carbamates (subject to hydrolysis) is 1. The van der Waals surface area contributed by atoms with Gasteiger partial charge >= 0.3 is 6.09 Å². The normalized spacial score (nSPS) is 14.9. The highest BCUT2D eigenvalue weighted by molar-refractivity contribution is 6.14. The number of hydrogen-bond donors (Lipinski definition) is 2. The second-order valence-corrected chi connectivity index (χ2v) is 6.83. The van der Waals surface area contributed by atoms with Crippen LogP contribution in [-0.2, 0) is 19.1 Å². The van der Waals surface area contributed by atoms with Crippen LogP contribution < -0.4 is 15.5 Å². The molecule has 4 amide bonds. The van der Waals surface area contributed by atoms with Gasteiger partial charge in [0.2, 0.25) is 17.7 Å². The molecule has 28 heavy (non-hydrogen) atoms. The second-order valence-electron chi connectivity index (χ2n) is 6.83. The van der Waals surface area contributed by atoms with Crippen molar-refractivity contribution >= 4 is 35.2 Å². The number of amides is 4. The Balaban J connectivity index is 2.14. The van der Waals surface area contributed by atoms with Gasteiger partial charge in [-0.1, -0.05) is 19.1 Å². The quantitative estimate of drug-likeness (QED) is 0.759. The zero-order chi connectivity index (χ0) is 20.9. The summed E-state index contributed by atoms with van der Waals surface area (Å²) in [6.45, 7) is 7.09. The number of carbonyl (C=O) groups excluding carboxylic acids is 4. The SMILES string of the molecule is CCOC(=O)NC(=O)CN(CC)CC(=O)N1c2ccccc2NC(=O)C1(C)C. The number of ether oxygens (including phenoxy) is 1.